The second-order valence-corrected chi connectivity index (χ2v) is 6.16. The quantitative estimate of drug-likeness (QED) is 0.900. The third-order valence-corrected chi connectivity index (χ3v) is 4.13. The van der Waals surface area contributed by atoms with Gasteiger partial charge in [0.2, 0.25) is 0 Å². The minimum absolute atomic E-state index is 0.132. The van der Waals surface area contributed by atoms with Crippen LogP contribution in [0.25, 0.3) is 0 Å². The summed E-state index contributed by atoms with van der Waals surface area (Å²) in [5.41, 5.74) is 5.71. The summed E-state index contributed by atoms with van der Waals surface area (Å²) in [4.78, 5) is 28.9. The highest BCUT2D eigenvalue weighted by molar-refractivity contribution is 6.36. The van der Waals surface area contributed by atoms with Gasteiger partial charge in [0.15, 0.2) is 0 Å². The van der Waals surface area contributed by atoms with Gasteiger partial charge in [0.05, 0.1) is 23.7 Å². The van der Waals surface area contributed by atoms with Crippen molar-refractivity contribution in [1.82, 2.24) is 9.88 Å². The number of carbonyl (C=O) groups excluding carboxylic acids is 2. The van der Waals surface area contributed by atoms with Crippen molar-refractivity contribution in [2.45, 2.75) is 6.10 Å². The van der Waals surface area contributed by atoms with Gasteiger partial charge < -0.3 is 15.4 Å². The van der Waals surface area contributed by atoms with Crippen LogP contribution in [0, 0.1) is 0 Å². The predicted molar refractivity (Wildman–Crippen MR) is 89.5 cm³/mol. The number of primary amides is 1. The first-order valence-corrected chi connectivity index (χ1v) is 7.86. The number of carbonyl (C=O) groups is 2. The highest BCUT2D eigenvalue weighted by Crippen LogP contribution is 2.25. The van der Waals surface area contributed by atoms with Crippen LogP contribution in [0.4, 0.5) is 0 Å². The fourth-order valence-corrected chi connectivity index (χ4v) is 2.81. The van der Waals surface area contributed by atoms with Crippen molar-refractivity contribution >= 4 is 35.0 Å². The van der Waals surface area contributed by atoms with Crippen LogP contribution in [0.5, 0.6) is 5.75 Å². The number of nitrogens with zero attached hydrogens (tertiary/aromatic N) is 2. The number of halogens is 2. The molecule has 124 valence electrons. The Morgan fingerprint density at radius 2 is 1.96 bits per heavy atom. The lowest BCUT2D eigenvalue weighted by molar-refractivity contribution is 0.0177. The van der Waals surface area contributed by atoms with Gasteiger partial charge in [0, 0.05) is 17.3 Å². The van der Waals surface area contributed by atoms with E-state index in [0.29, 0.717) is 34.4 Å². The average molecular weight is 366 g/mol. The molecule has 0 spiro atoms. The molecule has 3 rings (SSSR count). The lowest BCUT2D eigenvalue weighted by Crippen LogP contribution is -2.56. The topological polar surface area (TPSA) is 85.5 Å². The summed E-state index contributed by atoms with van der Waals surface area (Å²) in [7, 11) is 0. The van der Waals surface area contributed by atoms with E-state index < -0.39 is 5.91 Å². The lowest BCUT2D eigenvalue weighted by atomic mass is 10.1. The molecule has 0 bridgehead atoms. The molecular formula is C16H13Cl2N3O3. The SMILES string of the molecule is NC(=O)c1cc(OC2CN(C(=O)c3ccc(Cl)cc3Cl)C2)ccn1. The van der Waals surface area contributed by atoms with Gasteiger partial charge in [-0.25, -0.2) is 0 Å². The molecule has 24 heavy (non-hydrogen) atoms. The van der Waals surface area contributed by atoms with E-state index in [1.807, 2.05) is 0 Å². The summed E-state index contributed by atoms with van der Waals surface area (Å²) in [6.45, 7) is 0.845. The summed E-state index contributed by atoms with van der Waals surface area (Å²) in [6.07, 6.45) is 1.29. The largest absolute Gasteiger partial charge is 0.487 e. The van der Waals surface area contributed by atoms with E-state index in [9.17, 15) is 9.59 Å². The molecule has 2 heterocycles. The third-order valence-electron chi connectivity index (χ3n) is 3.58. The van der Waals surface area contributed by atoms with Gasteiger partial charge in [-0.1, -0.05) is 23.2 Å². The van der Waals surface area contributed by atoms with Crippen molar-refractivity contribution in [3.05, 3.63) is 57.8 Å². The highest BCUT2D eigenvalue weighted by atomic mass is 35.5. The number of likely N-dealkylation sites (tertiary alicyclic amines) is 1. The Kier molecular flexibility index (Phi) is 4.59. The van der Waals surface area contributed by atoms with E-state index >= 15 is 0 Å². The molecule has 6 nitrogen and oxygen atoms in total. The predicted octanol–water partition coefficient (Wildman–Crippen LogP) is 2.39. The number of ether oxygens (including phenoxy) is 1. The number of aromatic nitrogens is 1. The maximum atomic E-state index is 12.4. The minimum Gasteiger partial charge on any atom is -0.487 e. The van der Waals surface area contributed by atoms with Gasteiger partial charge in [-0.3, -0.25) is 14.6 Å². The summed E-state index contributed by atoms with van der Waals surface area (Å²) >= 11 is 11.9. The molecule has 8 heteroatoms. The Balaban J connectivity index is 1.60. The Bertz CT molecular complexity index is 807. The summed E-state index contributed by atoms with van der Waals surface area (Å²) < 4.78 is 5.71. The number of pyridine rings is 1. The van der Waals surface area contributed by atoms with Gasteiger partial charge >= 0.3 is 0 Å². The molecule has 1 aromatic heterocycles. The summed E-state index contributed by atoms with van der Waals surface area (Å²) in [6, 6.07) is 7.86. The Morgan fingerprint density at radius 1 is 1.21 bits per heavy atom. The van der Waals surface area contributed by atoms with E-state index in [1.54, 1.807) is 23.1 Å². The fourth-order valence-electron chi connectivity index (χ4n) is 2.32. The first-order valence-electron chi connectivity index (χ1n) is 7.11. The van der Waals surface area contributed by atoms with E-state index in [-0.39, 0.29) is 17.7 Å². The van der Waals surface area contributed by atoms with Crippen LogP contribution in [0.2, 0.25) is 10.0 Å². The smallest absolute Gasteiger partial charge is 0.267 e. The third kappa shape index (κ3) is 3.44. The van der Waals surface area contributed by atoms with Crippen LogP contribution in [0.15, 0.2) is 36.5 Å². The van der Waals surface area contributed by atoms with Gasteiger partial charge in [-0.2, -0.15) is 0 Å². The zero-order chi connectivity index (χ0) is 17.3. The molecule has 2 amide bonds. The van der Waals surface area contributed by atoms with Crippen LogP contribution in [0.1, 0.15) is 20.8 Å². The number of nitrogens with two attached hydrogens (primary N) is 1. The molecule has 1 aliphatic rings. The summed E-state index contributed by atoms with van der Waals surface area (Å²) in [5.74, 6) is -0.312. The number of rotatable bonds is 4. The zero-order valence-electron chi connectivity index (χ0n) is 12.4. The highest BCUT2D eigenvalue weighted by Gasteiger charge is 2.33. The molecule has 0 unspecified atom stereocenters. The molecule has 1 saturated heterocycles. The maximum absolute atomic E-state index is 12.4. The first-order chi connectivity index (χ1) is 11.4. The normalized spacial score (nSPS) is 14.2. The van der Waals surface area contributed by atoms with Crippen molar-refractivity contribution in [2.24, 2.45) is 5.73 Å². The molecular weight excluding hydrogens is 353 g/mol. The monoisotopic (exact) mass is 365 g/mol. The zero-order valence-corrected chi connectivity index (χ0v) is 13.9. The lowest BCUT2D eigenvalue weighted by Gasteiger charge is -2.39. The molecule has 1 aliphatic heterocycles. The molecule has 2 N–H and O–H groups in total. The Hall–Kier alpha value is -2.31. The van der Waals surface area contributed by atoms with E-state index in [0.717, 1.165) is 0 Å². The van der Waals surface area contributed by atoms with E-state index in [2.05, 4.69) is 4.98 Å². The second-order valence-electron chi connectivity index (χ2n) is 5.32. The molecule has 1 aromatic carbocycles. The minimum atomic E-state index is -0.622. The Labute approximate surface area is 148 Å². The molecule has 2 aromatic rings. The molecule has 1 fully saturated rings. The molecule has 0 aliphatic carbocycles. The van der Waals surface area contributed by atoms with Gasteiger partial charge in [-0.15, -0.1) is 0 Å². The van der Waals surface area contributed by atoms with E-state index in [1.165, 1.54) is 18.3 Å². The summed E-state index contributed by atoms with van der Waals surface area (Å²) in [5, 5.41) is 0.793. The van der Waals surface area contributed by atoms with Crippen molar-refractivity contribution < 1.29 is 14.3 Å². The second kappa shape index (κ2) is 6.67. The van der Waals surface area contributed by atoms with Crippen molar-refractivity contribution in [1.29, 1.82) is 0 Å². The van der Waals surface area contributed by atoms with Crippen molar-refractivity contribution in [2.75, 3.05) is 13.1 Å². The van der Waals surface area contributed by atoms with Crippen LogP contribution in [-0.4, -0.2) is 40.9 Å². The number of amides is 2. The molecule has 0 saturated carbocycles. The van der Waals surface area contributed by atoms with Crippen LogP contribution in [0.3, 0.4) is 0 Å². The van der Waals surface area contributed by atoms with Crippen LogP contribution < -0.4 is 10.5 Å². The fraction of sp³-hybridized carbons (Fsp3) is 0.188. The first kappa shape index (κ1) is 16.5. The number of benzene rings is 1. The number of hydrogen-bond acceptors (Lipinski definition) is 4. The van der Waals surface area contributed by atoms with E-state index in [4.69, 9.17) is 33.7 Å². The van der Waals surface area contributed by atoms with Crippen LogP contribution >= 0.6 is 23.2 Å². The van der Waals surface area contributed by atoms with Crippen molar-refractivity contribution in [3.8, 4) is 5.75 Å². The maximum Gasteiger partial charge on any atom is 0.267 e. The molecule has 0 radical (unpaired) electrons. The molecule has 0 atom stereocenters. The van der Waals surface area contributed by atoms with Crippen LogP contribution in [-0.2, 0) is 0 Å². The Morgan fingerprint density at radius 3 is 2.62 bits per heavy atom. The van der Waals surface area contributed by atoms with Gasteiger partial charge in [0.25, 0.3) is 11.8 Å². The number of hydrogen-bond donors (Lipinski definition) is 1. The standard InChI is InChI=1S/C16H13Cl2N3O3/c17-9-1-2-12(13(18)5-9)16(23)21-7-11(8-21)24-10-3-4-20-14(6-10)15(19)22/h1-6,11H,7-8H2,(H2,19,22). The average Bonchev–Trinajstić information content (AvgIpc) is 2.50. The van der Waals surface area contributed by atoms with Gasteiger partial charge in [0.1, 0.15) is 17.5 Å². The van der Waals surface area contributed by atoms with Gasteiger partial charge in [-0.05, 0) is 24.3 Å². The van der Waals surface area contributed by atoms with Crippen molar-refractivity contribution in [3.63, 3.8) is 0 Å².